The SMILES string of the molecule is Br.Brc1ccc(-c2cccnc2)s1. The van der Waals surface area contributed by atoms with Gasteiger partial charge in [-0.25, -0.2) is 0 Å². The second-order valence-corrected chi connectivity index (χ2v) is 4.81. The molecule has 2 rings (SSSR count). The monoisotopic (exact) mass is 319 g/mol. The van der Waals surface area contributed by atoms with Gasteiger partial charge in [-0.1, -0.05) is 6.07 Å². The first-order chi connectivity index (χ1) is 5.86. The first-order valence-corrected chi connectivity index (χ1v) is 5.13. The minimum absolute atomic E-state index is 0. The molecular weight excluding hydrogens is 314 g/mol. The average Bonchev–Trinajstić information content (AvgIpc) is 2.54. The molecule has 0 saturated carbocycles. The first kappa shape index (κ1) is 10.9. The maximum absolute atomic E-state index is 4.06. The van der Waals surface area contributed by atoms with Crippen molar-refractivity contribution in [3.63, 3.8) is 0 Å². The van der Waals surface area contributed by atoms with Crippen LogP contribution in [0.4, 0.5) is 0 Å². The van der Waals surface area contributed by atoms with Gasteiger partial charge in [0.2, 0.25) is 0 Å². The highest BCUT2D eigenvalue weighted by Crippen LogP contribution is 2.30. The van der Waals surface area contributed by atoms with Crippen molar-refractivity contribution in [2.24, 2.45) is 0 Å². The summed E-state index contributed by atoms with van der Waals surface area (Å²) in [6.45, 7) is 0. The van der Waals surface area contributed by atoms with E-state index in [0.717, 1.165) is 3.79 Å². The fraction of sp³-hybridized carbons (Fsp3) is 0. The number of nitrogens with zero attached hydrogens (tertiary/aromatic N) is 1. The molecule has 1 nitrogen and oxygen atoms in total. The van der Waals surface area contributed by atoms with E-state index >= 15 is 0 Å². The summed E-state index contributed by atoms with van der Waals surface area (Å²) >= 11 is 5.15. The zero-order valence-electron chi connectivity index (χ0n) is 6.61. The van der Waals surface area contributed by atoms with Crippen molar-refractivity contribution in [3.05, 3.63) is 40.4 Å². The van der Waals surface area contributed by atoms with Crippen LogP contribution in [0.15, 0.2) is 40.4 Å². The van der Waals surface area contributed by atoms with Crippen molar-refractivity contribution in [1.82, 2.24) is 4.98 Å². The van der Waals surface area contributed by atoms with Crippen molar-refractivity contribution in [3.8, 4) is 10.4 Å². The smallest absolute Gasteiger partial charge is 0.0705 e. The predicted octanol–water partition coefficient (Wildman–Crippen LogP) is 4.15. The fourth-order valence-corrected chi connectivity index (χ4v) is 2.35. The van der Waals surface area contributed by atoms with E-state index in [0.29, 0.717) is 0 Å². The van der Waals surface area contributed by atoms with E-state index < -0.39 is 0 Å². The molecule has 68 valence electrons. The maximum atomic E-state index is 4.06. The lowest BCUT2D eigenvalue weighted by Crippen LogP contribution is -1.72. The van der Waals surface area contributed by atoms with Crippen molar-refractivity contribution in [2.45, 2.75) is 0 Å². The molecule has 0 fully saturated rings. The van der Waals surface area contributed by atoms with Gasteiger partial charge in [0.25, 0.3) is 0 Å². The van der Waals surface area contributed by atoms with Crippen molar-refractivity contribution in [2.75, 3.05) is 0 Å². The molecule has 0 unspecified atom stereocenters. The largest absolute Gasteiger partial charge is 0.264 e. The molecule has 2 aromatic rings. The van der Waals surface area contributed by atoms with Gasteiger partial charge >= 0.3 is 0 Å². The van der Waals surface area contributed by atoms with Crippen LogP contribution in [0.2, 0.25) is 0 Å². The van der Waals surface area contributed by atoms with E-state index in [1.807, 2.05) is 18.3 Å². The first-order valence-electron chi connectivity index (χ1n) is 3.52. The second kappa shape index (κ2) is 4.88. The Morgan fingerprint density at radius 3 is 2.62 bits per heavy atom. The van der Waals surface area contributed by atoms with Crippen LogP contribution < -0.4 is 0 Å². The molecule has 2 aromatic heterocycles. The molecule has 0 N–H and O–H groups in total. The second-order valence-electron chi connectivity index (χ2n) is 2.35. The number of halogens is 2. The highest BCUT2D eigenvalue weighted by atomic mass is 79.9. The molecule has 0 amide bonds. The van der Waals surface area contributed by atoms with Crippen LogP contribution in [0.25, 0.3) is 10.4 Å². The molecule has 0 radical (unpaired) electrons. The molecule has 0 aliphatic heterocycles. The fourth-order valence-electron chi connectivity index (χ4n) is 0.978. The number of pyridine rings is 1. The molecule has 0 saturated heterocycles. The van der Waals surface area contributed by atoms with E-state index in [4.69, 9.17) is 0 Å². The summed E-state index contributed by atoms with van der Waals surface area (Å²) in [6.07, 6.45) is 3.66. The molecule has 0 aliphatic rings. The molecule has 4 heteroatoms. The maximum Gasteiger partial charge on any atom is 0.0705 e. The molecule has 0 spiro atoms. The van der Waals surface area contributed by atoms with E-state index in [1.165, 1.54) is 10.4 Å². The minimum atomic E-state index is 0. The molecule has 0 aromatic carbocycles. The zero-order valence-corrected chi connectivity index (χ0v) is 10.7. The predicted molar refractivity (Wildman–Crippen MR) is 65.6 cm³/mol. The van der Waals surface area contributed by atoms with Crippen molar-refractivity contribution in [1.29, 1.82) is 0 Å². The lowest BCUT2D eigenvalue weighted by atomic mass is 10.2. The van der Waals surface area contributed by atoms with Crippen LogP contribution in [-0.4, -0.2) is 4.98 Å². The summed E-state index contributed by atoms with van der Waals surface area (Å²) in [5.41, 5.74) is 1.17. The third-order valence-corrected chi connectivity index (χ3v) is 3.19. The quantitative estimate of drug-likeness (QED) is 0.769. The van der Waals surface area contributed by atoms with Gasteiger partial charge in [-0.3, -0.25) is 4.98 Å². The molecule has 0 atom stereocenters. The number of hydrogen-bond donors (Lipinski definition) is 0. The normalized spacial score (nSPS) is 9.31. The van der Waals surface area contributed by atoms with Crippen molar-refractivity contribution < 1.29 is 0 Å². The van der Waals surface area contributed by atoms with Gasteiger partial charge in [-0.2, -0.15) is 0 Å². The van der Waals surface area contributed by atoms with Gasteiger partial charge in [-0.15, -0.1) is 28.3 Å². The van der Waals surface area contributed by atoms with E-state index in [9.17, 15) is 0 Å². The Kier molecular flexibility index (Phi) is 4.09. The molecule has 0 aliphatic carbocycles. The summed E-state index contributed by atoms with van der Waals surface area (Å²) in [4.78, 5) is 5.31. The van der Waals surface area contributed by atoms with Gasteiger partial charge in [0.1, 0.15) is 0 Å². The standard InChI is InChI=1S/C9H6BrNS.BrH/c10-9-4-3-8(12-9)7-2-1-5-11-6-7;/h1-6H;1H. The molecule has 2 heterocycles. The minimum Gasteiger partial charge on any atom is -0.264 e. The van der Waals surface area contributed by atoms with Gasteiger partial charge in [-0.05, 0) is 34.1 Å². The number of rotatable bonds is 1. The van der Waals surface area contributed by atoms with Crippen LogP contribution in [0.1, 0.15) is 0 Å². The van der Waals surface area contributed by atoms with Crippen LogP contribution in [0.3, 0.4) is 0 Å². The van der Waals surface area contributed by atoms with Crippen LogP contribution >= 0.6 is 44.2 Å². The van der Waals surface area contributed by atoms with Crippen molar-refractivity contribution >= 4 is 44.2 Å². The summed E-state index contributed by atoms with van der Waals surface area (Å²) in [5, 5.41) is 0. The lowest BCUT2D eigenvalue weighted by molar-refractivity contribution is 1.33. The number of aromatic nitrogens is 1. The number of thiophene rings is 1. The summed E-state index contributed by atoms with van der Waals surface area (Å²) in [5.74, 6) is 0. The topological polar surface area (TPSA) is 12.9 Å². The molecular formula is C9H7Br2NS. The Morgan fingerprint density at radius 1 is 1.23 bits per heavy atom. The molecule has 13 heavy (non-hydrogen) atoms. The highest BCUT2D eigenvalue weighted by molar-refractivity contribution is 9.11. The molecule has 0 bridgehead atoms. The van der Waals surface area contributed by atoms with E-state index in [2.05, 4.69) is 33.0 Å². The average molecular weight is 321 g/mol. The summed E-state index contributed by atoms with van der Waals surface area (Å²) in [6, 6.07) is 8.15. The van der Waals surface area contributed by atoms with E-state index in [1.54, 1.807) is 17.5 Å². The lowest BCUT2D eigenvalue weighted by Gasteiger charge is -1.92. The third-order valence-electron chi connectivity index (χ3n) is 1.52. The van der Waals surface area contributed by atoms with Crippen LogP contribution in [0.5, 0.6) is 0 Å². The van der Waals surface area contributed by atoms with Gasteiger partial charge in [0, 0.05) is 22.8 Å². The van der Waals surface area contributed by atoms with Gasteiger partial charge < -0.3 is 0 Å². The van der Waals surface area contributed by atoms with Crippen LogP contribution in [0, 0.1) is 0 Å². The third kappa shape index (κ3) is 2.62. The Hall–Kier alpha value is -0.190. The summed E-state index contributed by atoms with van der Waals surface area (Å²) in [7, 11) is 0. The summed E-state index contributed by atoms with van der Waals surface area (Å²) < 4.78 is 1.15. The Balaban J connectivity index is 0.000000845. The Labute approximate surface area is 99.7 Å². The zero-order chi connectivity index (χ0) is 8.39. The van der Waals surface area contributed by atoms with Gasteiger partial charge in [0.05, 0.1) is 3.79 Å². The highest BCUT2D eigenvalue weighted by Gasteiger charge is 1.99. The Morgan fingerprint density at radius 2 is 2.08 bits per heavy atom. The van der Waals surface area contributed by atoms with Crippen LogP contribution in [-0.2, 0) is 0 Å². The van der Waals surface area contributed by atoms with Gasteiger partial charge in [0.15, 0.2) is 0 Å². The van der Waals surface area contributed by atoms with E-state index in [-0.39, 0.29) is 17.0 Å². The Bertz CT molecular complexity index is 372. The number of hydrogen-bond acceptors (Lipinski definition) is 2.